The lowest BCUT2D eigenvalue weighted by Gasteiger charge is -2.11. The van der Waals surface area contributed by atoms with Crippen molar-refractivity contribution in [2.45, 2.75) is 19.6 Å². The van der Waals surface area contributed by atoms with Gasteiger partial charge in [0, 0.05) is 0 Å². The minimum Gasteiger partial charge on any atom is -0.300 e. The van der Waals surface area contributed by atoms with Crippen LogP contribution in [0, 0.1) is 0 Å². The zero-order chi connectivity index (χ0) is 12.6. The monoisotopic (exact) mass is 242 g/mol. The summed E-state index contributed by atoms with van der Waals surface area (Å²) in [5, 5.41) is 0. The topological polar surface area (TPSA) is 34.9 Å². The maximum absolute atomic E-state index is 12.9. The van der Waals surface area contributed by atoms with Gasteiger partial charge in [-0.15, -0.1) is 13.2 Å². The Kier molecular flexibility index (Phi) is 2.65. The SMILES string of the molecule is CC(=O)Cc1nc2ccccc2n1C(F)(F)F. The number of alkyl halides is 3. The van der Waals surface area contributed by atoms with E-state index in [0.717, 1.165) is 0 Å². The third-order valence-corrected chi connectivity index (χ3v) is 2.29. The Morgan fingerprint density at radius 2 is 2.00 bits per heavy atom. The van der Waals surface area contributed by atoms with Crippen LogP contribution in [0.1, 0.15) is 12.7 Å². The molecule has 0 atom stereocenters. The van der Waals surface area contributed by atoms with Crippen molar-refractivity contribution in [3.8, 4) is 0 Å². The van der Waals surface area contributed by atoms with Crippen LogP contribution in [0.25, 0.3) is 11.0 Å². The Hall–Kier alpha value is -1.85. The second-order valence-electron chi connectivity index (χ2n) is 3.70. The largest absolute Gasteiger partial charge is 0.490 e. The van der Waals surface area contributed by atoms with Gasteiger partial charge in [-0.1, -0.05) is 12.1 Å². The number of carbonyl (C=O) groups excluding carboxylic acids is 1. The van der Waals surface area contributed by atoms with Crippen molar-refractivity contribution in [1.82, 2.24) is 9.55 Å². The Balaban J connectivity index is 2.69. The first-order chi connectivity index (χ1) is 7.89. The predicted octanol–water partition coefficient (Wildman–Crippen LogP) is 2.64. The summed E-state index contributed by atoms with van der Waals surface area (Å²) in [5.74, 6) is -0.628. The summed E-state index contributed by atoms with van der Waals surface area (Å²) in [6.07, 6.45) is -4.89. The van der Waals surface area contributed by atoms with Gasteiger partial charge in [0.15, 0.2) is 0 Å². The number of aromatic nitrogens is 2. The van der Waals surface area contributed by atoms with E-state index in [1.807, 2.05) is 0 Å². The average molecular weight is 242 g/mol. The number of hydrogen-bond donors (Lipinski definition) is 0. The van der Waals surface area contributed by atoms with Gasteiger partial charge in [-0.3, -0.25) is 4.79 Å². The van der Waals surface area contributed by atoms with Crippen LogP contribution in [-0.4, -0.2) is 15.3 Å². The van der Waals surface area contributed by atoms with Gasteiger partial charge >= 0.3 is 6.30 Å². The molecule has 17 heavy (non-hydrogen) atoms. The van der Waals surface area contributed by atoms with E-state index in [-0.39, 0.29) is 33.6 Å². The molecule has 2 aromatic rings. The average Bonchev–Trinajstić information content (AvgIpc) is 2.53. The Morgan fingerprint density at radius 3 is 2.59 bits per heavy atom. The van der Waals surface area contributed by atoms with Crippen molar-refractivity contribution in [3.63, 3.8) is 0 Å². The summed E-state index contributed by atoms with van der Waals surface area (Å²) in [6.45, 7) is 1.24. The molecular weight excluding hydrogens is 233 g/mol. The van der Waals surface area contributed by atoms with E-state index in [4.69, 9.17) is 0 Å². The van der Waals surface area contributed by atoms with Crippen LogP contribution in [0.2, 0.25) is 0 Å². The number of rotatable bonds is 2. The van der Waals surface area contributed by atoms with Gasteiger partial charge in [0.1, 0.15) is 11.6 Å². The first-order valence-electron chi connectivity index (χ1n) is 4.92. The molecular formula is C11H9F3N2O. The van der Waals surface area contributed by atoms with Gasteiger partial charge in [0.25, 0.3) is 0 Å². The van der Waals surface area contributed by atoms with E-state index in [9.17, 15) is 18.0 Å². The van der Waals surface area contributed by atoms with Crippen molar-refractivity contribution in [2.75, 3.05) is 0 Å². The Labute approximate surface area is 94.9 Å². The molecule has 3 nitrogen and oxygen atoms in total. The highest BCUT2D eigenvalue weighted by atomic mass is 19.4. The smallest absolute Gasteiger partial charge is 0.300 e. The maximum Gasteiger partial charge on any atom is 0.490 e. The van der Waals surface area contributed by atoms with Crippen molar-refractivity contribution in [2.24, 2.45) is 0 Å². The van der Waals surface area contributed by atoms with Crippen LogP contribution in [0.5, 0.6) is 0 Å². The number of para-hydroxylation sites is 2. The number of nitrogens with zero attached hydrogens (tertiary/aromatic N) is 2. The molecule has 0 spiro atoms. The van der Waals surface area contributed by atoms with Gasteiger partial charge in [-0.2, -0.15) is 0 Å². The lowest BCUT2D eigenvalue weighted by Crippen LogP contribution is -2.20. The van der Waals surface area contributed by atoms with E-state index in [1.165, 1.54) is 25.1 Å². The number of imidazole rings is 1. The van der Waals surface area contributed by atoms with Crippen LogP contribution in [0.3, 0.4) is 0 Å². The number of ketones is 1. The third kappa shape index (κ3) is 2.15. The first kappa shape index (κ1) is 11.6. The fourth-order valence-corrected chi connectivity index (χ4v) is 1.70. The lowest BCUT2D eigenvalue weighted by atomic mass is 10.3. The van der Waals surface area contributed by atoms with Crippen LogP contribution in [-0.2, 0) is 17.5 Å². The highest BCUT2D eigenvalue weighted by molar-refractivity contribution is 5.81. The number of hydrogen-bond acceptors (Lipinski definition) is 2. The zero-order valence-electron chi connectivity index (χ0n) is 8.95. The molecule has 90 valence electrons. The summed E-state index contributed by atoms with van der Waals surface area (Å²) in [5.41, 5.74) is 0.206. The number of benzene rings is 1. The van der Waals surface area contributed by atoms with E-state index >= 15 is 0 Å². The lowest BCUT2D eigenvalue weighted by molar-refractivity contribution is -0.202. The van der Waals surface area contributed by atoms with Crippen molar-refractivity contribution in [3.05, 3.63) is 30.1 Å². The van der Waals surface area contributed by atoms with Gasteiger partial charge in [-0.25, -0.2) is 9.55 Å². The standard InChI is InChI=1S/C11H9F3N2O/c1-7(17)6-10-15-8-4-2-3-5-9(8)16(10)11(12,13)14/h2-5H,6H2,1H3. The molecule has 0 aliphatic heterocycles. The normalized spacial score (nSPS) is 12.0. The summed E-state index contributed by atoms with van der Waals surface area (Å²) < 4.78 is 38.8. The second kappa shape index (κ2) is 3.87. The molecule has 0 aliphatic rings. The highest BCUT2D eigenvalue weighted by Crippen LogP contribution is 2.29. The summed E-state index contributed by atoms with van der Waals surface area (Å²) >= 11 is 0. The second-order valence-corrected chi connectivity index (χ2v) is 3.70. The number of carbonyl (C=O) groups is 1. The minimum absolute atomic E-state index is 0.0312. The Bertz CT molecular complexity index is 572. The molecule has 1 heterocycles. The molecule has 0 unspecified atom stereocenters. The fraction of sp³-hybridized carbons (Fsp3) is 0.273. The van der Waals surface area contributed by atoms with Crippen molar-refractivity contribution in [1.29, 1.82) is 0 Å². The first-order valence-corrected chi connectivity index (χ1v) is 4.92. The Morgan fingerprint density at radius 1 is 1.35 bits per heavy atom. The predicted molar refractivity (Wildman–Crippen MR) is 55.4 cm³/mol. The molecule has 0 radical (unpaired) electrons. The molecule has 0 fully saturated rings. The van der Waals surface area contributed by atoms with Crippen molar-refractivity contribution < 1.29 is 18.0 Å². The van der Waals surface area contributed by atoms with Crippen LogP contribution < -0.4 is 0 Å². The number of Topliss-reactive ketones (excluding diaryl/α,β-unsaturated/α-hetero) is 1. The molecule has 1 aromatic heterocycles. The summed E-state index contributed by atoms with van der Waals surface area (Å²) in [4.78, 5) is 14.8. The molecule has 0 saturated carbocycles. The molecule has 0 amide bonds. The molecule has 0 saturated heterocycles. The van der Waals surface area contributed by atoms with Crippen LogP contribution in [0.4, 0.5) is 13.2 Å². The van der Waals surface area contributed by atoms with E-state index in [1.54, 1.807) is 6.07 Å². The molecule has 6 heteroatoms. The minimum atomic E-state index is -4.57. The molecule has 2 rings (SSSR count). The number of fused-ring (bicyclic) bond motifs is 1. The van der Waals surface area contributed by atoms with Crippen molar-refractivity contribution >= 4 is 16.8 Å². The molecule has 0 bridgehead atoms. The number of halogens is 3. The summed E-state index contributed by atoms with van der Waals surface area (Å²) in [6, 6.07) is 5.93. The van der Waals surface area contributed by atoms with E-state index in [0.29, 0.717) is 0 Å². The van der Waals surface area contributed by atoms with E-state index < -0.39 is 6.30 Å². The quantitative estimate of drug-likeness (QED) is 0.811. The van der Waals surface area contributed by atoms with Crippen LogP contribution >= 0.6 is 0 Å². The zero-order valence-corrected chi connectivity index (χ0v) is 8.95. The van der Waals surface area contributed by atoms with Gasteiger partial charge in [-0.05, 0) is 19.1 Å². The molecule has 0 N–H and O–H groups in total. The van der Waals surface area contributed by atoms with Gasteiger partial charge in [0.2, 0.25) is 0 Å². The fourth-order valence-electron chi connectivity index (χ4n) is 1.70. The van der Waals surface area contributed by atoms with Gasteiger partial charge < -0.3 is 0 Å². The highest BCUT2D eigenvalue weighted by Gasteiger charge is 2.35. The summed E-state index contributed by atoms with van der Waals surface area (Å²) in [7, 11) is 0. The maximum atomic E-state index is 12.9. The van der Waals surface area contributed by atoms with E-state index in [2.05, 4.69) is 4.98 Å². The van der Waals surface area contributed by atoms with Gasteiger partial charge in [0.05, 0.1) is 17.5 Å². The van der Waals surface area contributed by atoms with Crippen LogP contribution in [0.15, 0.2) is 24.3 Å². The third-order valence-electron chi connectivity index (χ3n) is 2.29. The molecule has 0 aliphatic carbocycles. The molecule has 1 aromatic carbocycles.